The molecule has 2 aliphatic rings. The Kier molecular flexibility index (Phi) is 4.89. The molecule has 0 aromatic rings. The van der Waals surface area contributed by atoms with Crippen molar-refractivity contribution in [2.24, 2.45) is 28.6 Å². The Bertz CT molecular complexity index is 383. The molecular formula is C15H27N3O2. The van der Waals surface area contributed by atoms with Crippen molar-refractivity contribution in [3.63, 3.8) is 0 Å². The summed E-state index contributed by atoms with van der Waals surface area (Å²) in [6, 6.07) is -0.350. The molecule has 1 amide bonds. The van der Waals surface area contributed by atoms with E-state index in [1.165, 1.54) is 32.1 Å². The number of fused-ring (bicyclic) bond motifs is 1. The van der Waals surface area contributed by atoms with Crippen molar-refractivity contribution < 1.29 is 10.0 Å². The summed E-state index contributed by atoms with van der Waals surface area (Å²) >= 11 is 0. The fourth-order valence-corrected chi connectivity index (χ4v) is 3.86. The second kappa shape index (κ2) is 6.46. The van der Waals surface area contributed by atoms with E-state index in [9.17, 15) is 4.79 Å². The second-order valence-corrected chi connectivity index (χ2v) is 6.46. The van der Waals surface area contributed by atoms with E-state index in [4.69, 9.17) is 10.9 Å². The van der Waals surface area contributed by atoms with Gasteiger partial charge in [-0.3, -0.25) is 4.79 Å². The van der Waals surface area contributed by atoms with Crippen LogP contribution in [-0.4, -0.2) is 34.9 Å². The molecule has 5 heteroatoms. The number of carbonyl (C=O) groups is 1. The molecule has 2 aliphatic carbocycles. The number of hydrogen-bond donors (Lipinski definition) is 2. The van der Waals surface area contributed by atoms with Gasteiger partial charge in [-0.1, -0.05) is 30.8 Å². The lowest BCUT2D eigenvalue weighted by molar-refractivity contribution is -0.137. The molecule has 2 fully saturated rings. The first-order valence-electron chi connectivity index (χ1n) is 7.78. The Hall–Kier alpha value is -1.26. The summed E-state index contributed by atoms with van der Waals surface area (Å²) in [6.07, 6.45) is 8.52. The third kappa shape index (κ3) is 3.07. The van der Waals surface area contributed by atoms with Crippen LogP contribution in [-0.2, 0) is 4.79 Å². The number of rotatable bonds is 3. The minimum atomic E-state index is -0.350. The van der Waals surface area contributed by atoms with Gasteiger partial charge in [0.2, 0.25) is 5.91 Å². The smallest absolute Gasteiger partial charge is 0.226 e. The van der Waals surface area contributed by atoms with Gasteiger partial charge in [0, 0.05) is 13.0 Å². The van der Waals surface area contributed by atoms with Gasteiger partial charge in [0.1, 0.15) is 0 Å². The highest BCUT2D eigenvalue weighted by Gasteiger charge is 2.36. The first-order valence-corrected chi connectivity index (χ1v) is 7.78. The van der Waals surface area contributed by atoms with Crippen molar-refractivity contribution in [3.8, 4) is 0 Å². The maximum atomic E-state index is 12.6. The van der Waals surface area contributed by atoms with Gasteiger partial charge in [-0.2, -0.15) is 0 Å². The van der Waals surface area contributed by atoms with E-state index in [0.717, 1.165) is 24.7 Å². The Morgan fingerprint density at radius 3 is 2.55 bits per heavy atom. The monoisotopic (exact) mass is 281 g/mol. The number of amidine groups is 1. The molecule has 0 aliphatic heterocycles. The summed E-state index contributed by atoms with van der Waals surface area (Å²) in [5.41, 5.74) is 5.60. The zero-order valence-electron chi connectivity index (χ0n) is 12.6. The largest absolute Gasteiger partial charge is 0.409 e. The lowest BCUT2D eigenvalue weighted by Gasteiger charge is -2.40. The van der Waals surface area contributed by atoms with Gasteiger partial charge in [-0.25, -0.2) is 0 Å². The molecular weight excluding hydrogens is 254 g/mol. The first kappa shape index (κ1) is 15.1. The van der Waals surface area contributed by atoms with Crippen molar-refractivity contribution >= 4 is 11.7 Å². The standard InChI is InChI=1S/C15H27N3O2/c1-10(14(16)17-20)18(2)15(19)13-8-7-11-5-3-4-6-12(11)9-13/h10-13,20H,3-9H2,1-2H3,(H2,16,17). The van der Waals surface area contributed by atoms with Crippen LogP contribution in [0.1, 0.15) is 51.9 Å². The van der Waals surface area contributed by atoms with E-state index in [-0.39, 0.29) is 23.7 Å². The Balaban J connectivity index is 1.95. The fraction of sp³-hybridized carbons (Fsp3) is 0.867. The number of oxime groups is 1. The third-order valence-corrected chi connectivity index (χ3v) is 5.36. The number of nitrogens with two attached hydrogens (primary N) is 1. The Labute approximate surface area is 121 Å². The van der Waals surface area contributed by atoms with Crippen LogP contribution >= 0.6 is 0 Å². The molecule has 3 N–H and O–H groups in total. The highest BCUT2D eigenvalue weighted by atomic mass is 16.4. The molecule has 0 heterocycles. The summed E-state index contributed by atoms with van der Waals surface area (Å²) in [6.45, 7) is 1.79. The topological polar surface area (TPSA) is 78.9 Å². The summed E-state index contributed by atoms with van der Waals surface area (Å²) in [5.74, 6) is 1.94. The van der Waals surface area contributed by atoms with Gasteiger partial charge in [0.05, 0.1) is 6.04 Å². The molecule has 0 radical (unpaired) electrons. The van der Waals surface area contributed by atoms with E-state index in [2.05, 4.69) is 5.16 Å². The van der Waals surface area contributed by atoms with E-state index < -0.39 is 0 Å². The zero-order valence-corrected chi connectivity index (χ0v) is 12.6. The van der Waals surface area contributed by atoms with Crippen LogP contribution in [0.15, 0.2) is 5.16 Å². The maximum absolute atomic E-state index is 12.6. The molecule has 0 aromatic heterocycles. The second-order valence-electron chi connectivity index (χ2n) is 6.46. The molecule has 0 aromatic carbocycles. The predicted molar refractivity (Wildman–Crippen MR) is 78.4 cm³/mol. The van der Waals surface area contributed by atoms with Crippen molar-refractivity contribution in [3.05, 3.63) is 0 Å². The lowest BCUT2D eigenvalue weighted by Crippen LogP contribution is -2.47. The molecule has 5 nitrogen and oxygen atoms in total. The van der Waals surface area contributed by atoms with Gasteiger partial charge in [-0.15, -0.1) is 0 Å². The van der Waals surface area contributed by atoms with Gasteiger partial charge in [0.25, 0.3) is 0 Å². The minimum Gasteiger partial charge on any atom is -0.409 e. The normalized spacial score (nSPS) is 32.3. The molecule has 0 spiro atoms. The molecule has 2 saturated carbocycles. The first-order chi connectivity index (χ1) is 9.54. The zero-order chi connectivity index (χ0) is 14.7. The molecule has 4 unspecified atom stereocenters. The van der Waals surface area contributed by atoms with Crippen molar-refractivity contribution in [1.29, 1.82) is 0 Å². The number of hydrogen-bond acceptors (Lipinski definition) is 3. The van der Waals surface area contributed by atoms with Crippen LogP contribution in [0.3, 0.4) is 0 Å². The Morgan fingerprint density at radius 1 is 1.25 bits per heavy atom. The van der Waals surface area contributed by atoms with Gasteiger partial charge >= 0.3 is 0 Å². The molecule has 2 rings (SSSR count). The van der Waals surface area contributed by atoms with E-state index in [1.54, 1.807) is 18.9 Å². The Morgan fingerprint density at radius 2 is 1.90 bits per heavy atom. The third-order valence-electron chi connectivity index (χ3n) is 5.36. The number of carbonyl (C=O) groups excluding carboxylic acids is 1. The van der Waals surface area contributed by atoms with Crippen LogP contribution < -0.4 is 5.73 Å². The van der Waals surface area contributed by atoms with E-state index in [0.29, 0.717) is 0 Å². The summed E-state index contributed by atoms with van der Waals surface area (Å²) in [5, 5.41) is 11.7. The number of nitrogens with zero attached hydrogens (tertiary/aromatic N) is 2. The lowest BCUT2D eigenvalue weighted by atomic mass is 9.67. The molecule has 0 bridgehead atoms. The average molecular weight is 281 g/mol. The molecule has 114 valence electrons. The molecule has 0 saturated heterocycles. The van der Waals surface area contributed by atoms with Gasteiger partial charge in [-0.05, 0) is 38.0 Å². The highest BCUT2D eigenvalue weighted by Crippen LogP contribution is 2.43. The fourth-order valence-electron chi connectivity index (χ4n) is 3.86. The quantitative estimate of drug-likeness (QED) is 0.360. The molecule has 20 heavy (non-hydrogen) atoms. The van der Waals surface area contributed by atoms with Crippen LogP contribution in [0.5, 0.6) is 0 Å². The van der Waals surface area contributed by atoms with Crippen molar-refractivity contribution in [2.75, 3.05) is 7.05 Å². The van der Waals surface area contributed by atoms with Crippen LogP contribution in [0.4, 0.5) is 0 Å². The summed E-state index contributed by atoms with van der Waals surface area (Å²) in [4.78, 5) is 14.2. The van der Waals surface area contributed by atoms with E-state index >= 15 is 0 Å². The predicted octanol–water partition coefficient (Wildman–Crippen LogP) is 2.19. The minimum absolute atomic E-state index is 0.0900. The summed E-state index contributed by atoms with van der Waals surface area (Å²) in [7, 11) is 1.75. The van der Waals surface area contributed by atoms with E-state index in [1.807, 2.05) is 0 Å². The van der Waals surface area contributed by atoms with Crippen LogP contribution in [0.2, 0.25) is 0 Å². The number of amides is 1. The SMILES string of the molecule is CC(C(N)=NO)N(C)C(=O)C1CCC2CCCCC2C1. The van der Waals surface area contributed by atoms with Crippen LogP contribution in [0, 0.1) is 17.8 Å². The maximum Gasteiger partial charge on any atom is 0.226 e. The van der Waals surface area contributed by atoms with Gasteiger partial charge in [0.15, 0.2) is 5.84 Å². The number of likely N-dealkylation sites (N-methyl/N-ethyl adjacent to an activating group) is 1. The average Bonchev–Trinajstić information content (AvgIpc) is 2.51. The summed E-state index contributed by atoms with van der Waals surface area (Å²) < 4.78 is 0. The van der Waals surface area contributed by atoms with Gasteiger partial charge < -0.3 is 15.8 Å². The highest BCUT2D eigenvalue weighted by molar-refractivity contribution is 5.90. The van der Waals surface area contributed by atoms with Crippen LogP contribution in [0.25, 0.3) is 0 Å². The van der Waals surface area contributed by atoms with Crippen molar-refractivity contribution in [2.45, 2.75) is 57.9 Å². The molecule has 4 atom stereocenters. The van der Waals surface area contributed by atoms with Crippen molar-refractivity contribution in [1.82, 2.24) is 4.90 Å².